The van der Waals surface area contributed by atoms with E-state index >= 15 is 0 Å². The van der Waals surface area contributed by atoms with E-state index in [1.807, 2.05) is 30.3 Å². The zero-order chi connectivity index (χ0) is 26.2. The molecular weight excluding hydrogens is 498 g/mol. The molecule has 0 saturated heterocycles. The van der Waals surface area contributed by atoms with Crippen LogP contribution in [0.15, 0.2) is 133 Å². The van der Waals surface area contributed by atoms with Crippen LogP contribution in [0.2, 0.25) is 5.28 Å². The fourth-order valence-corrected chi connectivity index (χ4v) is 5.23. The smallest absolute Gasteiger partial charge is 0.208 e. The Labute approximate surface area is 231 Å². The van der Waals surface area contributed by atoms with Gasteiger partial charge in [0.05, 0.1) is 0 Å². The lowest BCUT2D eigenvalue weighted by atomic mass is 9.98. The first-order valence-corrected chi connectivity index (χ1v) is 13.2. The van der Waals surface area contributed by atoms with Gasteiger partial charge in [0.15, 0.2) is 11.6 Å². The lowest BCUT2D eigenvalue weighted by molar-refractivity contribution is 1.07. The SMILES string of the molecule is Clc1nc(-c2ccc3cc(-c4ccccc4)ccc3c2)nc(-c2cccc3ccc(-c4ccccc4)cc23)n1. The monoisotopic (exact) mass is 519 g/mol. The highest BCUT2D eigenvalue weighted by atomic mass is 35.5. The van der Waals surface area contributed by atoms with Crippen LogP contribution in [0.5, 0.6) is 0 Å². The third-order valence-electron chi connectivity index (χ3n) is 7.04. The summed E-state index contributed by atoms with van der Waals surface area (Å²) in [4.78, 5) is 13.9. The Morgan fingerprint density at radius 1 is 0.385 bits per heavy atom. The normalized spacial score (nSPS) is 11.2. The predicted octanol–water partition coefficient (Wildman–Crippen LogP) is 9.50. The van der Waals surface area contributed by atoms with E-state index in [0.717, 1.165) is 43.8 Å². The second-order valence-corrected chi connectivity index (χ2v) is 9.84. The Balaban J connectivity index is 1.31. The molecule has 0 saturated carbocycles. The van der Waals surface area contributed by atoms with Crippen LogP contribution >= 0.6 is 11.6 Å². The first kappa shape index (κ1) is 23.3. The van der Waals surface area contributed by atoms with Crippen LogP contribution in [0.3, 0.4) is 0 Å². The van der Waals surface area contributed by atoms with Crippen LogP contribution < -0.4 is 0 Å². The number of fused-ring (bicyclic) bond motifs is 2. The molecule has 0 fully saturated rings. The van der Waals surface area contributed by atoms with E-state index < -0.39 is 0 Å². The second-order valence-electron chi connectivity index (χ2n) is 9.50. The first-order chi connectivity index (χ1) is 19.2. The number of aromatic nitrogens is 3. The van der Waals surface area contributed by atoms with Crippen molar-refractivity contribution in [2.45, 2.75) is 0 Å². The fourth-order valence-electron chi connectivity index (χ4n) is 5.07. The number of rotatable bonds is 4. The quantitative estimate of drug-likeness (QED) is 0.232. The molecule has 0 bridgehead atoms. The van der Waals surface area contributed by atoms with Crippen molar-refractivity contribution >= 4 is 33.1 Å². The molecule has 0 amide bonds. The van der Waals surface area contributed by atoms with Crippen molar-refractivity contribution in [2.24, 2.45) is 0 Å². The van der Waals surface area contributed by atoms with Gasteiger partial charge in [-0.05, 0) is 73.6 Å². The van der Waals surface area contributed by atoms with Crippen molar-refractivity contribution in [3.05, 3.63) is 139 Å². The van der Waals surface area contributed by atoms with Crippen LogP contribution in [0, 0.1) is 0 Å². The van der Waals surface area contributed by atoms with Gasteiger partial charge in [-0.15, -0.1) is 0 Å². The van der Waals surface area contributed by atoms with E-state index in [0.29, 0.717) is 11.6 Å². The van der Waals surface area contributed by atoms with Gasteiger partial charge in [-0.25, -0.2) is 4.98 Å². The van der Waals surface area contributed by atoms with Crippen molar-refractivity contribution in [3.63, 3.8) is 0 Å². The standard InChI is InChI=1S/C35H22ClN3/c36-35-38-33(30-19-18-27-20-26(16-17-28(27)21-30)23-8-3-1-4-9-23)37-34(39-35)31-13-7-12-25-14-15-29(22-32(25)31)24-10-5-2-6-11-24/h1-22H. The van der Waals surface area contributed by atoms with Crippen molar-refractivity contribution in [1.82, 2.24) is 15.0 Å². The topological polar surface area (TPSA) is 38.7 Å². The molecule has 4 heteroatoms. The van der Waals surface area contributed by atoms with E-state index in [9.17, 15) is 0 Å². The molecule has 6 aromatic carbocycles. The molecular formula is C35H22ClN3. The summed E-state index contributed by atoms with van der Waals surface area (Å²) in [6, 6.07) is 46.2. The summed E-state index contributed by atoms with van der Waals surface area (Å²) in [6.45, 7) is 0. The summed E-state index contributed by atoms with van der Waals surface area (Å²) >= 11 is 6.47. The molecule has 0 unspecified atom stereocenters. The predicted molar refractivity (Wildman–Crippen MR) is 162 cm³/mol. The van der Waals surface area contributed by atoms with Crippen LogP contribution in [-0.2, 0) is 0 Å². The lowest BCUT2D eigenvalue weighted by Gasteiger charge is -2.10. The minimum absolute atomic E-state index is 0.172. The average molecular weight is 520 g/mol. The summed E-state index contributed by atoms with van der Waals surface area (Å²) in [6.07, 6.45) is 0. The molecule has 39 heavy (non-hydrogen) atoms. The Kier molecular flexibility index (Phi) is 5.84. The number of hydrogen-bond acceptors (Lipinski definition) is 3. The Morgan fingerprint density at radius 3 is 1.64 bits per heavy atom. The maximum absolute atomic E-state index is 6.47. The molecule has 7 aromatic rings. The van der Waals surface area contributed by atoms with Gasteiger partial charge in [-0.3, -0.25) is 0 Å². The average Bonchev–Trinajstić information content (AvgIpc) is 3.00. The maximum atomic E-state index is 6.47. The molecule has 184 valence electrons. The summed E-state index contributed by atoms with van der Waals surface area (Å²) in [7, 11) is 0. The zero-order valence-corrected chi connectivity index (χ0v) is 21.7. The second kappa shape index (κ2) is 9.79. The minimum atomic E-state index is 0.172. The Morgan fingerprint density at radius 2 is 0.949 bits per heavy atom. The molecule has 1 aromatic heterocycles. The van der Waals surface area contributed by atoms with Crippen molar-refractivity contribution in [1.29, 1.82) is 0 Å². The van der Waals surface area contributed by atoms with Gasteiger partial charge < -0.3 is 0 Å². The first-order valence-electron chi connectivity index (χ1n) is 12.8. The zero-order valence-electron chi connectivity index (χ0n) is 20.9. The van der Waals surface area contributed by atoms with E-state index in [1.165, 1.54) is 11.1 Å². The molecule has 0 aliphatic heterocycles. The van der Waals surface area contributed by atoms with Crippen LogP contribution in [-0.4, -0.2) is 15.0 Å². The van der Waals surface area contributed by atoms with Gasteiger partial charge in [0, 0.05) is 11.1 Å². The molecule has 0 aliphatic rings. The Bertz CT molecular complexity index is 1970. The highest BCUT2D eigenvalue weighted by Crippen LogP contribution is 2.33. The summed E-state index contributed by atoms with van der Waals surface area (Å²) < 4.78 is 0. The molecule has 0 radical (unpaired) electrons. The third-order valence-corrected chi connectivity index (χ3v) is 7.21. The molecule has 3 nitrogen and oxygen atoms in total. The van der Waals surface area contributed by atoms with Gasteiger partial charge in [-0.1, -0.05) is 115 Å². The molecule has 7 rings (SSSR count). The Hall–Kier alpha value is -4.86. The molecule has 0 N–H and O–H groups in total. The molecule has 0 spiro atoms. The highest BCUT2D eigenvalue weighted by molar-refractivity contribution is 6.28. The summed E-state index contributed by atoms with van der Waals surface area (Å²) in [5.41, 5.74) is 6.50. The number of nitrogens with zero attached hydrogens (tertiary/aromatic N) is 3. The maximum Gasteiger partial charge on any atom is 0.226 e. The van der Waals surface area contributed by atoms with E-state index in [4.69, 9.17) is 16.6 Å². The van der Waals surface area contributed by atoms with Crippen LogP contribution in [0.4, 0.5) is 0 Å². The van der Waals surface area contributed by atoms with Crippen LogP contribution in [0.25, 0.3) is 66.6 Å². The van der Waals surface area contributed by atoms with Gasteiger partial charge in [0.1, 0.15) is 0 Å². The minimum Gasteiger partial charge on any atom is -0.208 e. The number of hydrogen-bond donors (Lipinski definition) is 0. The highest BCUT2D eigenvalue weighted by Gasteiger charge is 2.13. The van der Waals surface area contributed by atoms with E-state index in [2.05, 4.69) is 113 Å². The summed E-state index contributed by atoms with van der Waals surface area (Å²) in [5, 5.41) is 4.63. The van der Waals surface area contributed by atoms with Crippen molar-refractivity contribution < 1.29 is 0 Å². The molecule has 0 atom stereocenters. The van der Waals surface area contributed by atoms with Crippen LogP contribution in [0.1, 0.15) is 0 Å². The van der Waals surface area contributed by atoms with Gasteiger partial charge >= 0.3 is 0 Å². The van der Waals surface area contributed by atoms with Crippen molar-refractivity contribution in [3.8, 4) is 45.0 Å². The third kappa shape index (κ3) is 4.54. The van der Waals surface area contributed by atoms with Gasteiger partial charge in [0.2, 0.25) is 5.28 Å². The lowest BCUT2D eigenvalue weighted by Crippen LogP contribution is -1.98. The van der Waals surface area contributed by atoms with E-state index in [-0.39, 0.29) is 5.28 Å². The number of halogens is 1. The molecule has 0 aliphatic carbocycles. The summed E-state index contributed by atoms with van der Waals surface area (Å²) in [5.74, 6) is 1.11. The van der Waals surface area contributed by atoms with Crippen molar-refractivity contribution in [2.75, 3.05) is 0 Å². The van der Waals surface area contributed by atoms with E-state index in [1.54, 1.807) is 0 Å². The van der Waals surface area contributed by atoms with Gasteiger partial charge in [-0.2, -0.15) is 9.97 Å². The number of benzene rings is 6. The van der Waals surface area contributed by atoms with Gasteiger partial charge in [0.25, 0.3) is 0 Å². The largest absolute Gasteiger partial charge is 0.226 e. The fraction of sp³-hybridized carbons (Fsp3) is 0. The molecule has 1 heterocycles.